The van der Waals surface area contributed by atoms with Crippen molar-refractivity contribution in [1.29, 1.82) is 0 Å². The molecule has 0 aliphatic heterocycles. The van der Waals surface area contributed by atoms with Crippen LogP contribution in [-0.2, 0) is 24.0 Å². The Labute approximate surface area is 107 Å². The van der Waals surface area contributed by atoms with Gasteiger partial charge in [0.1, 0.15) is 18.4 Å². The van der Waals surface area contributed by atoms with E-state index in [1.165, 1.54) is 0 Å². The standard InChI is InChI=1S/C12H21NO5/c1-12(2,3)17-11(16)9-13-18-10(15)7-5-4-6-8-14/h8,13H,4-7,9H2,1-3H3. The lowest BCUT2D eigenvalue weighted by molar-refractivity contribution is -0.161. The number of esters is 1. The van der Waals surface area contributed by atoms with E-state index in [4.69, 9.17) is 4.74 Å². The third-order valence-corrected chi connectivity index (χ3v) is 1.78. The molecule has 0 aromatic carbocycles. The van der Waals surface area contributed by atoms with Crippen LogP contribution in [0.25, 0.3) is 0 Å². The summed E-state index contributed by atoms with van der Waals surface area (Å²) < 4.78 is 5.00. The summed E-state index contributed by atoms with van der Waals surface area (Å²) in [6, 6.07) is 0. The quantitative estimate of drug-likeness (QED) is 0.304. The van der Waals surface area contributed by atoms with Gasteiger partial charge in [-0.1, -0.05) is 0 Å². The fraction of sp³-hybridized carbons (Fsp3) is 0.750. The molecule has 0 radical (unpaired) electrons. The Morgan fingerprint density at radius 2 is 1.83 bits per heavy atom. The molecule has 0 amide bonds. The van der Waals surface area contributed by atoms with Gasteiger partial charge >= 0.3 is 11.9 Å². The summed E-state index contributed by atoms with van der Waals surface area (Å²) in [6.07, 6.45) is 2.72. The van der Waals surface area contributed by atoms with Crippen LogP contribution < -0.4 is 5.48 Å². The van der Waals surface area contributed by atoms with Crippen molar-refractivity contribution < 1.29 is 24.0 Å². The fourth-order valence-electron chi connectivity index (χ4n) is 1.10. The molecule has 6 heteroatoms. The lowest BCUT2D eigenvalue weighted by Crippen LogP contribution is -2.32. The minimum atomic E-state index is -0.558. The highest BCUT2D eigenvalue weighted by atomic mass is 16.7. The third-order valence-electron chi connectivity index (χ3n) is 1.78. The van der Waals surface area contributed by atoms with Crippen LogP contribution >= 0.6 is 0 Å². The molecule has 0 saturated carbocycles. The molecule has 6 nitrogen and oxygen atoms in total. The molecule has 0 aliphatic rings. The second-order valence-electron chi connectivity index (χ2n) is 4.79. The zero-order valence-electron chi connectivity index (χ0n) is 11.2. The van der Waals surface area contributed by atoms with E-state index in [2.05, 4.69) is 10.3 Å². The zero-order chi connectivity index (χ0) is 14.0. The average Bonchev–Trinajstić information content (AvgIpc) is 2.22. The molecule has 1 N–H and O–H groups in total. The van der Waals surface area contributed by atoms with E-state index in [-0.39, 0.29) is 13.0 Å². The Balaban J connectivity index is 3.56. The van der Waals surface area contributed by atoms with E-state index in [0.29, 0.717) is 19.3 Å². The van der Waals surface area contributed by atoms with Crippen LogP contribution in [0.2, 0.25) is 0 Å². The first-order valence-corrected chi connectivity index (χ1v) is 5.93. The molecule has 0 aromatic heterocycles. The highest BCUT2D eigenvalue weighted by Gasteiger charge is 2.16. The van der Waals surface area contributed by atoms with Crippen molar-refractivity contribution in [3.05, 3.63) is 0 Å². The molecule has 0 fully saturated rings. The fourth-order valence-corrected chi connectivity index (χ4v) is 1.10. The number of hydrogen-bond donors (Lipinski definition) is 1. The number of nitrogens with one attached hydrogen (secondary N) is 1. The summed E-state index contributed by atoms with van der Waals surface area (Å²) >= 11 is 0. The summed E-state index contributed by atoms with van der Waals surface area (Å²) in [5, 5.41) is 0. The maximum Gasteiger partial charge on any atom is 0.324 e. The van der Waals surface area contributed by atoms with Gasteiger partial charge < -0.3 is 14.4 Å². The first-order chi connectivity index (χ1) is 8.35. The first kappa shape index (κ1) is 16.6. The summed E-state index contributed by atoms with van der Waals surface area (Å²) in [5.74, 6) is -0.944. The van der Waals surface area contributed by atoms with Gasteiger partial charge in [-0.15, -0.1) is 5.48 Å². The number of carbonyl (C=O) groups excluding carboxylic acids is 3. The van der Waals surface area contributed by atoms with Crippen molar-refractivity contribution in [2.24, 2.45) is 0 Å². The van der Waals surface area contributed by atoms with Gasteiger partial charge in [0.2, 0.25) is 0 Å². The summed E-state index contributed by atoms with van der Waals surface area (Å²) in [5.41, 5.74) is 1.70. The van der Waals surface area contributed by atoms with E-state index < -0.39 is 17.5 Å². The first-order valence-electron chi connectivity index (χ1n) is 5.93. The number of ether oxygens (including phenoxy) is 1. The Bertz CT molecular complexity index is 283. The smallest absolute Gasteiger partial charge is 0.324 e. The monoisotopic (exact) mass is 259 g/mol. The maximum atomic E-state index is 11.2. The van der Waals surface area contributed by atoms with E-state index in [1.54, 1.807) is 20.8 Å². The molecule has 0 atom stereocenters. The molecule has 0 bridgehead atoms. The minimum absolute atomic E-state index is 0.183. The van der Waals surface area contributed by atoms with Gasteiger partial charge in [0.25, 0.3) is 0 Å². The Hall–Kier alpha value is -1.43. The number of unbranched alkanes of at least 4 members (excludes halogenated alkanes) is 2. The van der Waals surface area contributed by atoms with Gasteiger partial charge in [-0.3, -0.25) is 9.59 Å². The van der Waals surface area contributed by atoms with E-state index in [1.807, 2.05) is 0 Å². The van der Waals surface area contributed by atoms with Crippen LogP contribution in [-0.4, -0.2) is 30.4 Å². The number of hydroxylamine groups is 1. The van der Waals surface area contributed by atoms with Crippen molar-refractivity contribution in [3.8, 4) is 0 Å². The van der Waals surface area contributed by atoms with Crippen LogP contribution in [0.5, 0.6) is 0 Å². The van der Waals surface area contributed by atoms with E-state index >= 15 is 0 Å². The molecule has 0 saturated heterocycles. The Morgan fingerprint density at radius 3 is 2.39 bits per heavy atom. The predicted octanol–water partition coefficient (Wildman–Crippen LogP) is 1.14. The van der Waals surface area contributed by atoms with Crippen molar-refractivity contribution in [2.45, 2.75) is 52.1 Å². The van der Waals surface area contributed by atoms with Crippen LogP contribution in [0.15, 0.2) is 0 Å². The van der Waals surface area contributed by atoms with Gasteiger partial charge in [-0.2, -0.15) is 0 Å². The molecule has 0 heterocycles. The second kappa shape index (κ2) is 8.63. The van der Waals surface area contributed by atoms with Crippen molar-refractivity contribution >= 4 is 18.2 Å². The largest absolute Gasteiger partial charge is 0.459 e. The Kier molecular flexibility index (Phi) is 7.94. The molecule has 0 aromatic rings. The number of rotatable bonds is 8. The Morgan fingerprint density at radius 1 is 1.17 bits per heavy atom. The summed E-state index contributed by atoms with van der Waals surface area (Å²) in [7, 11) is 0. The molecule has 0 aliphatic carbocycles. The minimum Gasteiger partial charge on any atom is -0.459 e. The van der Waals surface area contributed by atoms with Gasteiger partial charge in [-0.25, -0.2) is 0 Å². The highest BCUT2D eigenvalue weighted by Crippen LogP contribution is 2.06. The number of carbonyl (C=O) groups is 3. The highest BCUT2D eigenvalue weighted by molar-refractivity contribution is 5.73. The SMILES string of the molecule is CC(C)(C)OC(=O)CNOC(=O)CCCCC=O. The van der Waals surface area contributed by atoms with Crippen LogP contribution in [0, 0.1) is 0 Å². The average molecular weight is 259 g/mol. The molecule has 0 spiro atoms. The van der Waals surface area contributed by atoms with Gasteiger partial charge in [0.15, 0.2) is 0 Å². The molecule has 18 heavy (non-hydrogen) atoms. The molecular weight excluding hydrogens is 238 g/mol. The van der Waals surface area contributed by atoms with Crippen LogP contribution in [0.4, 0.5) is 0 Å². The second-order valence-corrected chi connectivity index (χ2v) is 4.79. The summed E-state index contributed by atoms with van der Waals surface area (Å²) in [6.45, 7) is 5.08. The van der Waals surface area contributed by atoms with Gasteiger partial charge in [0.05, 0.1) is 0 Å². The molecule has 0 rings (SSSR count). The molecule has 0 unspecified atom stereocenters. The number of aldehydes is 1. The van der Waals surface area contributed by atoms with E-state index in [9.17, 15) is 14.4 Å². The maximum absolute atomic E-state index is 11.2. The third kappa shape index (κ3) is 11.1. The lowest BCUT2D eigenvalue weighted by Gasteiger charge is -2.19. The van der Waals surface area contributed by atoms with Crippen molar-refractivity contribution in [2.75, 3.05) is 6.54 Å². The van der Waals surface area contributed by atoms with Crippen LogP contribution in [0.1, 0.15) is 46.5 Å². The zero-order valence-corrected chi connectivity index (χ0v) is 11.2. The van der Waals surface area contributed by atoms with Crippen molar-refractivity contribution in [3.63, 3.8) is 0 Å². The number of hydrogen-bond acceptors (Lipinski definition) is 6. The van der Waals surface area contributed by atoms with Gasteiger partial charge in [-0.05, 0) is 33.6 Å². The van der Waals surface area contributed by atoms with Crippen LogP contribution in [0.3, 0.4) is 0 Å². The topological polar surface area (TPSA) is 81.7 Å². The summed E-state index contributed by atoms with van der Waals surface area (Å²) in [4.78, 5) is 37.0. The molecule has 104 valence electrons. The normalized spacial score (nSPS) is 10.8. The predicted molar refractivity (Wildman–Crippen MR) is 64.5 cm³/mol. The lowest BCUT2D eigenvalue weighted by atomic mass is 10.2. The van der Waals surface area contributed by atoms with Gasteiger partial charge in [0, 0.05) is 12.8 Å². The molecular formula is C12H21NO5. The van der Waals surface area contributed by atoms with Crippen molar-refractivity contribution in [1.82, 2.24) is 5.48 Å². The van der Waals surface area contributed by atoms with E-state index in [0.717, 1.165) is 6.29 Å².